The second-order valence-corrected chi connectivity index (χ2v) is 8.37. The molecule has 5 heteroatoms. The van der Waals surface area contributed by atoms with Gasteiger partial charge in [-0.1, -0.05) is 77.2 Å². The van der Waals surface area contributed by atoms with E-state index in [0.717, 1.165) is 19.3 Å². The average Bonchev–Trinajstić information content (AvgIpc) is 3.18. The second-order valence-electron chi connectivity index (χ2n) is 7.42. The van der Waals surface area contributed by atoms with Gasteiger partial charge in [0.2, 0.25) is 0 Å². The van der Waals surface area contributed by atoms with Gasteiger partial charge in [-0.25, -0.2) is 0 Å². The van der Waals surface area contributed by atoms with Crippen LogP contribution in [0.2, 0.25) is 0 Å². The Labute approximate surface area is 168 Å². The molecule has 1 rings (SSSR count). The van der Waals surface area contributed by atoms with Gasteiger partial charge in [0.1, 0.15) is 6.04 Å². The maximum atomic E-state index is 12.4. The highest BCUT2D eigenvalue weighted by atomic mass is 32.1. The van der Waals surface area contributed by atoms with Crippen molar-refractivity contribution in [1.82, 2.24) is 5.32 Å². The van der Waals surface area contributed by atoms with E-state index < -0.39 is 12.1 Å². The lowest BCUT2D eigenvalue weighted by Gasteiger charge is -2.20. The zero-order valence-electron chi connectivity index (χ0n) is 17.0. The summed E-state index contributed by atoms with van der Waals surface area (Å²) < 4.78 is 0. The van der Waals surface area contributed by atoms with Crippen LogP contribution in [0.15, 0.2) is 17.5 Å². The summed E-state index contributed by atoms with van der Waals surface area (Å²) in [5.41, 5.74) is 0. The van der Waals surface area contributed by atoms with Crippen LogP contribution < -0.4 is 5.32 Å². The lowest BCUT2D eigenvalue weighted by molar-refractivity contribution is -0.123. The van der Waals surface area contributed by atoms with Gasteiger partial charge in [-0.2, -0.15) is 0 Å². The number of ketones is 1. The number of hydrogen-bond donors (Lipinski definition) is 2. The molecule has 0 aromatic carbocycles. The molecule has 0 aliphatic carbocycles. The average molecular weight is 396 g/mol. The zero-order chi connectivity index (χ0) is 19.9. The van der Waals surface area contributed by atoms with Crippen molar-refractivity contribution in [2.24, 2.45) is 0 Å². The van der Waals surface area contributed by atoms with E-state index in [0.29, 0.717) is 11.3 Å². The fraction of sp³-hybridized carbons (Fsp3) is 0.727. The van der Waals surface area contributed by atoms with E-state index >= 15 is 0 Å². The minimum absolute atomic E-state index is 0.0779. The fourth-order valence-corrected chi connectivity index (χ4v) is 3.84. The minimum Gasteiger partial charge on any atom is -0.391 e. The Balaban J connectivity index is 2.13. The van der Waals surface area contributed by atoms with Crippen LogP contribution in [0.1, 0.15) is 101 Å². The topological polar surface area (TPSA) is 66.4 Å². The third-order valence-corrected chi connectivity index (χ3v) is 5.76. The first-order valence-electron chi connectivity index (χ1n) is 10.6. The van der Waals surface area contributed by atoms with Crippen molar-refractivity contribution in [2.45, 2.75) is 103 Å². The zero-order valence-corrected chi connectivity index (χ0v) is 17.9. The van der Waals surface area contributed by atoms with Crippen LogP contribution in [0.4, 0.5) is 0 Å². The lowest BCUT2D eigenvalue weighted by atomic mass is 10.0. The normalized spacial score (nSPS) is 13.3. The molecule has 4 nitrogen and oxygen atoms in total. The third-order valence-electron chi connectivity index (χ3n) is 4.89. The van der Waals surface area contributed by atoms with Crippen LogP contribution in [0, 0.1) is 0 Å². The lowest BCUT2D eigenvalue weighted by Crippen LogP contribution is -2.47. The highest BCUT2D eigenvalue weighted by Crippen LogP contribution is 2.13. The fourth-order valence-electron chi connectivity index (χ4n) is 3.21. The molecule has 154 valence electrons. The van der Waals surface area contributed by atoms with Crippen molar-refractivity contribution in [2.75, 3.05) is 0 Å². The van der Waals surface area contributed by atoms with E-state index in [1.165, 1.54) is 62.7 Å². The third kappa shape index (κ3) is 10.6. The molecule has 0 bridgehead atoms. The number of thiophene rings is 1. The van der Waals surface area contributed by atoms with Gasteiger partial charge in [0, 0.05) is 6.42 Å². The number of unbranched alkanes of at least 4 members (excludes halogenated alkanes) is 10. The van der Waals surface area contributed by atoms with Crippen LogP contribution in [0.3, 0.4) is 0 Å². The first-order valence-corrected chi connectivity index (χ1v) is 11.5. The summed E-state index contributed by atoms with van der Waals surface area (Å²) >= 11 is 1.33. The van der Waals surface area contributed by atoms with Crippen LogP contribution >= 0.6 is 11.3 Å². The van der Waals surface area contributed by atoms with Crippen molar-refractivity contribution in [3.63, 3.8) is 0 Å². The molecule has 1 aromatic heterocycles. The number of carbonyl (C=O) groups is 2. The number of nitrogens with one attached hydrogen (secondary N) is 1. The number of carbonyl (C=O) groups excluding carboxylic acids is 2. The summed E-state index contributed by atoms with van der Waals surface area (Å²) in [6.07, 6.45) is 13.1. The van der Waals surface area contributed by atoms with Gasteiger partial charge in [0.25, 0.3) is 5.91 Å². The molecule has 27 heavy (non-hydrogen) atoms. The predicted molar refractivity (Wildman–Crippen MR) is 113 cm³/mol. The molecular weight excluding hydrogens is 358 g/mol. The quantitative estimate of drug-likeness (QED) is 0.363. The number of rotatable bonds is 16. The molecule has 0 radical (unpaired) electrons. The van der Waals surface area contributed by atoms with Crippen LogP contribution in [0.25, 0.3) is 0 Å². The largest absolute Gasteiger partial charge is 0.391 e. The van der Waals surface area contributed by atoms with E-state index in [4.69, 9.17) is 0 Å². The Hall–Kier alpha value is -1.20. The first-order chi connectivity index (χ1) is 13.1. The van der Waals surface area contributed by atoms with E-state index in [9.17, 15) is 14.7 Å². The smallest absolute Gasteiger partial charge is 0.262 e. The first kappa shape index (κ1) is 23.8. The molecule has 0 unspecified atom stereocenters. The van der Waals surface area contributed by atoms with Gasteiger partial charge in [0.15, 0.2) is 5.78 Å². The number of hydrogen-bond acceptors (Lipinski definition) is 4. The van der Waals surface area contributed by atoms with E-state index in [2.05, 4.69) is 12.2 Å². The van der Waals surface area contributed by atoms with Gasteiger partial charge in [-0.05, 0) is 24.8 Å². The molecule has 0 aliphatic heterocycles. The van der Waals surface area contributed by atoms with Crippen molar-refractivity contribution in [3.05, 3.63) is 22.4 Å². The number of Topliss-reactive ketones (excluding diaryl/α,β-unsaturated/α-hetero) is 1. The van der Waals surface area contributed by atoms with E-state index in [1.807, 2.05) is 5.38 Å². The van der Waals surface area contributed by atoms with Crippen molar-refractivity contribution < 1.29 is 14.7 Å². The molecule has 0 aliphatic rings. The molecular formula is C22H37NO3S. The van der Waals surface area contributed by atoms with Crippen molar-refractivity contribution in [3.8, 4) is 0 Å². The summed E-state index contributed by atoms with van der Waals surface area (Å²) in [6.45, 7) is 3.80. The van der Waals surface area contributed by atoms with Crippen LogP contribution in [0.5, 0.6) is 0 Å². The highest BCUT2D eigenvalue weighted by molar-refractivity contribution is 7.12. The molecule has 0 spiro atoms. The number of amides is 1. The molecule has 1 amide bonds. The van der Waals surface area contributed by atoms with Crippen LogP contribution in [-0.2, 0) is 4.79 Å². The Bertz CT molecular complexity index is 514. The summed E-state index contributed by atoms with van der Waals surface area (Å²) in [5.74, 6) is -0.367. The summed E-state index contributed by atoms with van der Waals surface area (Å²) in [6, 6.07) is 2.69. The van der Waals surface area contributed by atoms with Crippen molar-refractivity contribution >= 4 is 23.0 Å². The minimum atomic E-state index is -0.880. The van der Waals surface area contributed by atoms with E-state index in [1.54, 1.807) is 19.1 Å². The number of aliphatic hydroxyl groups excluding tert-OH is 1. The molecule has 0 saturated carbocycles. The molecule has 0 saturated heterocycles. The summed E-state index contributed by atoms with van der Waals surface area (Å²) in [5, 5.41) is 14.4. The van der Waals surface area contributed by atoms with Gasteiger partial charge in [0.05, 0.1) is 11.0 Å². The van der Waals surface area contributed by atoms with E-state index in [-0.39, 0.29) is 11.7 Å². The highest BCUT2D eigenvalue weighted by Gasteiger charge is 2.25. The predicted octanol–water partition coefficient (Wildman–Crippen LogP) is 5.50. The van der Waals surface area contributed by atoms with Crippen molar-refractivity contribution in [1.29, 1.82) is 0 Å². The Morgan fingerprint density at radius 1 is 1.00 bits per heavy atom. The summed E-state index contributed by atoms with van der Waals surface area (Å²) in [7, 11) is 0. The molecule has 1 heterocycles. The van der Waals surface area contributed by atoms with Gasteiger partial charge in [-0.15, -0.1) is 11.3 Å². The number of aliphatic hydroxyl groups is 1. The SMILES string of the molecule is CCCCCCCCCCCCCC(=O)[C@@H](NC(=O)c1cccs1)[C@@H](C)O. The van der Waals surface area contributed by atoms with Gasteiger partial charge in [-0.3, -0.25) is 9.59 Å². The molecule has 1 aromatic rings. The molecule has 2 atom stereocenters. The maximum absolute atomic E-state index is 12.4. The summed E-state index contributed by atoms with van der Waals surface area (Å²) in [4.78, 5) is 25.1. The van der Waals surface area contributed by atoms with Gasteiger partial charge < -0.3 is 10.4 Å². The molecule has 0 fully saturated rings. The Kier molecular flexibility index (Phi) is 13.1. The van der Waals surface area contributed by atoms with Crippen LogP contribution in [-0.4, -0.2) is 28.9 Å². The molecule has 2 N–H and O–H groups in total. The maximum Gasteiger partial charge on any atom is 0.262 e. The monoisotopic (exact) mass is 395 g/mol. The van der Waals surface area contributed by atoms with Gasteiger partial charge >= 0.3 is 0 Å². The standard InChI is InChI=1S/C22H37NO3S/c1-3-4-5-6-7-8-9-10-11-12-13-15-19(25)21(18(2)24)23-22(26)20-16-14-17-27-20/h14,16-18,21,24H,3-13,15H2,1-2H3,(H,23,26)/t18-,21+/m1/s1. The Morgan fingerprint density at radius 3 is 2.04 bits per heavy atom. The Morgan fingerprint density at radius 2 is 1.56 bits per heavy atom. The second kappa shape index (κ2) is 14.8.